The van der Waals surface area contributed by atoms with Crippen LogP contribution in [0.4, 0.5) is 0 Å². The number of nitrogens with one attached hydrogen (secondary N) is 5. The minimum absolute atomic E-state index is 0.0131. The largest absolute Gasteiger partial charge is 0.480 e. The molecule has 0 spiro atoms. The lowest BCUT2D eigenvalue weighted by atomic mass is 10.0. The van der Waals surface area contributed by atoms with Crippen molar-refractivity contribution in [2.75, 3.05) is 23.5 Å². The first-order valence-corrected chi connectivity index (χ1v) is 15.7. The Bertz CT molecular complexity index is 1240. The van der Waals surface area contributed by atoms with Crippen molar-refractivity contribution in [2.24, 2.45) is 5.73 Å². The van der Waals surface area contributed by atoms with E-state index in [0.717, 1.165) is 10.9 Å². The molecule has 4 amide bonds. The number of hydrogen-bond donors (Lipinski definition) is 10. The molecule has 0 unspecified atom stereocenters. The lowest BCUT2D eigenvalue weighted by molar-refractivity contribution is -0.142. The maximum atomic E-state index is 13.2. The highest BCUT2D eigenvalue weighted by atomic mass is 32.2. The van der Waals surface area contributed by atoms with Crippen LogP contribution in [-0.4, -0.2) is 105 Å². The van der Waals surface area contributed by atoms with E-state index in [4.69, 9.17) is 5.73 Å². The third-order valence-electron chi connectivity index (χ3n) is 6.41. The number of hydrogen-bond acceptors (Lipinski definition) is 10. The first-order valence-electron chi connectivity index (χ1n) is 13.1. The number of fused-ring (bicyclic) bond motifs is 1. The number of carboxylic acid groups (broad SMARTS) is 1. The maximum absolute atomic E-state index is 13.2. The highest BCUT2D eigenvalue weighted by molar-refractivity contribution is 7.98. The van der Waals surface area contributed by atoms with Crippen molar-refractivity contribution in [1.82, 2.24) is 26.3 Å². The molecule has 6 atom stereocenters. The van der Waals surface area contributed by atoms with Gasteiger partial charge in [0.15, 0.2) is 0 Å². The number of aromatic nitrogens is 1. The van der Waals surface area contributed by atoms with Crippen LogP contribution in [0.25, 0.3) is 10.9 Å². The van der Waals surface area contributed by atoms with Gasteiger partial charge in [0.1, 0.15) is 30.2 Å². The number of amides is 4. The van der Waals surface area contributed by atoms with Gasteiger partial charge in [-0.05, 0) is 37.0 Å². The Morgan fingerprint density at radius 2 is 1.43 bits per heavy atom. The number of thioether (sulfide) groups is 1. The molecule has 0 radical (unpaired) electrons. The zero-order chi connectivity index (χ0) is 31.4. The van der Waals surface area contributed by atoms with Crippen molar-refractivity contribution in [3.8, 4) is 0 Å². The fourth-order valence-electron chi connectivity index (χ4n) is 3.92. The monoisotopic (exact) mass is 642 g/mol. The summed E-state index contributed by atoms with van der Waals surface area (Å²) in [5.74, 6) is -3.98. The van der Waals surface area contributed by atoms with E-state index in [2.05, 4.69) is 51.5 Å². The van der Waals surface area contributed by atoms with E-state index < -0.39 is 65.9 Å². The average molecular weight is 643 g/mol. The topological polar surface area (TPSA) is 216 Å². The molecule has 0 saturated carbocycles. The Morgan fingerprint density at radius 3 is 1.98 bits per heavy atom. The van der Waals surface area contributed by atoms with E-state index in [1.165, 1.54) is 18.7 Å². The molecule has 0 aliphatic heterocycles. The summed E-state index contributed by atoms with van der Waals surface area (Å²) in [7, 11) is 0. The van der Waals surface area contributed by atoms with E-state index in [0.29, 0.717) is 11.3 Å². The van der Waals surface area contributed by atoms with Gasteiger partial charge >= 0.3 is 5.97 Å². The van der Waals surface area contributed by atoms with Gasteiger partial charge in [-0.25, -0.2) is 4.79 Å². The van der Waals surface area contributed by atoms with Gasteiger partial charge in [0, 0.05) is 35.0 Å². The van der Waals surface area contributed by atoms with Gasteiger partial charge in [-0.15, -0.1) is 0 Å². The molecular formula is C26H38N6O7S3. The molecule has 16 heteroatoms. The molecule has 1 aromatic heterocycles. The number of benzene rings is 1. The highest BCUT2D eigenvalue weighted by Gasteiger charge is 2.31. The molecule has 2 rings (SSSR count). The van der Waals surface area contributed by atoms with E-state index in [1.54, 1.807) is 6.20 Å². The molecule has 0 aliphatic carbocycles. The number of aromatic amines is 1. The second-order valence-corrected chi connectivity index (χ2v) is 11.3. The molecule has 0 bridgehead atoms. The lowest BCUT2D eigenvalue weighted by Gasteiger charge is -2.25. The predicted octanol–water partition coefficient (Wildman–Crippen LogP) is -0.945. The number of aliphatic hydroxyl groups excluding tert-OH is 1. The van der Waals surface area contributed by atoms with Crippen molar-refractivity contribution in [3.63, 3.8) is 0 Å². The quantitative estimate of drug-likeness (QED) is 0.0962. The molecule has 13 nitrogen and oxygen atoms in total. The molecular weight excluding hydrogens is 605 g/mol. The zero-order valence-corrected chi connectivity index (χ0v) is 25.8. The Morgan fingerprint density at radius 1 is 0.905 bits per heavy atom. The van der Waals surface area contributed by atoms with Gasteiger partial charge in [-0.3, -0.25) is 19.2 Å². The highest BCUT2D eigenvalue weighted by Crippen LogP contribution is 2.19. The Balaban J connectivity index is 2.10. The number of carboxylic acids is 1. The third kappa shape index (κ3) is 10.1. The number of thiol groups is 2. The van der Waals surface area contributed by atoms with Crippen LogP contribution < -0.4 is 27.0 Å². The van der Waals surface area contributed by atoms with E-state index in [1.807, 2.05) is 30.5 Å². The number of aliphatic hydroxyl groups is 1. The number of para-hydroxylation sites is 1. The van der Waals surface area contributed by atoms with Crippen LogP contribution >= 0.6 is 37.0 Å². The van der Waals surface area contributed by atoms with Gasteiger partial charge in [-0.2, -0.15) is 37.0 Å². The molecule has 9 N–H and O–H groups in total. The first kappa shape index (κ1) is 35.3. The van der Waals surface area contributed by atoms with Crippen LogP contribution in [0.5, 0.6) is 0 Å². The summed E-state index contributed by atoms with van der Waals surface area (Å²) >= 11 is 9.65. The summed E-state index contributed by atoms with van der Waals surface area (Å²) in [4.78, 5) is 66.4. The van der Waals surface area contributed by atoms with Crippen LogP contribution in [0.15, 0.2) is 30.5 Å². The molecule has 1 aromatic carbocycles. The van der Waals surface area contributed by atoms with Crippen LogP contribution in [-0.2, 0) is 30.4 Å². The average Bonchev–Trinajstić information content (AvgIpc) is 3.37. The van der Waals surface area contributed by atoms with Gasteiger partial charge in [-0.1, -0.05) is 18.2 Å². The third-order valence-corrected chi connectivity index (χ3v) is 7.78. The van der Waals surface area contributed by atoms with Crippen molar-refractivity contribution in [1.29, 1.82) is 0 Å². The zero-order valence-electron chi connectivity index (χ0n) is 23.2. The van der Waals surface area contributed by atoms with Gasteiger partial charge < -0.3 is 42.2 Å². The van der Waals surface area contributed by atoms with Crippen LogP contribution in [0.1, 0.15) is 18.9 Å². The van der Waals surface area contributed by atoms with Crippen LogP contribution in [0, 0.1) is 0 Å². The Labute approximate surface area is 258 Å². The van der Waals surface area contributed by atoms with Crippen molar-refractivity contribution < 1.29 is 34.2 Å². The van der Waals surface area contributed by atoms with Crippen molar-refractivity contribution >= 4 is 77.5 Å². The molecule has 42 heavy (non-hydrogen) atoms. The number of rotatable bonds is 17. The number of carbonyl (C=O) groups is 5. The fraction of sp³-hybridized carbons (Fsp3) is 0.500. The maximum Gasteiger partial charge on any atom is 0.326 e. The molecule has 0 fully saturated rings. The summed E-state index contributed by atoms with van der Waals surface area (Å²) in [5.41, 5.74) is 7.15. The fourth-order valence-corrected chi connectivity index (χ4v) is 4.90. The SMILES string of the molecule is CSCC[C@H](NC(=O)[C@H](CS)NC(=O)[C@H](CS)NC(=O)[C@@H](N)[C@@H](C)O)C(=O)N[C@@H](Cc1c[nH]c2ccccc12)C(=O)O. The normalized spacial score (nSPS) is 15.5. The van der Waals surface area contributed by atoms with Crippen molar-refractivity contribution in [3.05, 3.63) is 36.0 Å². The molecule has 0 saturated heterocycles. The first-order chi connectivity index (χ1) is 19.9. The van der Waals surface area contributed by atoms with Gasteiger partial charge in [0.25, 0.3) is 0 Å². The number of carbonyl (C=O) groups excluding carboxylic acids is 4. The Kier molecular flexibility index (Phi) is 14.5. The van der Waals surface area contributed by atoms with Gasteiger partial charge in [0.05, 0.1) is 6.10 Å². The molecule has 232 valence electrons. The number of H-pyrrole nitrogens is 1. The summed E-state index contributed by atoms with van der Waals surface area (Å²) < 4.78 is 0. The summed E-state index contributed by atoms with van der Waals surface area (Å²) in [6.07, 6.45) is 2.56. The summed E-state index contributed by atoms with van der Waals surface area (Å²) in [6.45, 7) is 1.33. The molecule has 0 aliphatic rings. The lowest BCUT2D eigenvalue weighted by Crippen LogP contribution is -2.60. The predicted molar refractivity (Wildman–Crippen MR) is 168 cm³/mol. The van der Waals surface area contributed by atoms with Crippen LogP contribution in [0.2, 0.25) is 0 Å². The summed E-state index contributed by atoms with van der Waals surface area (Å²) in [5, 5.41) is 30.1. The second-order valence-electron chi connectivity index (χ2n) is 9.56. The number of nitrogens with two attached hydrogens (primary N) is 1. The standard InChI is InChI=1S/C26H38N6O7S3/c1-13(33)21(27)25(37)32-20(12-41)24(36)31-19(11-40)23(35)29-17(7-8-42-2)22(34)30-18(26(38)39)9-14-10-28-16-6-4-3-5-15(14)16/h3-6,10,13,17-21,28,33,40-41H,7-9,11-12,27H2,1-2H3,(H,29,35)(H,30,34)(H,31,36)(H,32,37)(H,38,39)/t13-,17+,18+,19+,20+,21+/m1/s1. The smallest absolute Gasteiger partial charge is 0.326 e. The molecule has 1 heterocycles. The minimum atomic E-state index is -1.27. The van der Waals surface area contributed by atoms with Crippen LogP contribution in [0.3, 0.4) is 0 Å². The van der Waals surface area contributed by atoms with E-state index in [-0.39, 0.29) is 24.3 Å². The number of aliphatic carboxylic acids is 1. The van der Waals surface area contributed by atoms with Crippen molar-refractivity contribution in [2.45, 2.75) is 56.1 Å². The van der Waals surface area contributed by atoms with E-state index in [9.17, 15) is 34.2 Å². The summed E-state index contributed by atoms with van der Waals surface area (Å²) in [6, 6.07) is 1.38. The molecule has 2 aromatic rings. The minimum Gasteiger partial charge on any atom is -0.480 e. The second kappa shape index (κ2) is 17.3. The van der Waals surface area contributed by atoms with Gasteiger partial charge in [0.2, 0.25) is 23.6 Å². The van der Waals surface area contributed by atoms with E-state index >= 15 is 0 Å². The Hall–Kier alpha value is -2.92.